The molecule has 3 rings (SSSR count). The summed E-state index contributed by atoms with van der Waals surface area (Å²) in [6.45, 7) is 6.73. The third-order valence-corrected chi connectivity index (χ3v) is 5.00. The summed E-state index contributed by atoms with van der Waals surface area (Å²) in [5.74, 6) is 7.42. The molecule has 2 heteroatoms. The van der Waals surface area contributed by atoms with Crippen molar-refractivity contribution >= 4 is 0 Å². The lowest BCUT2D eigenvalue weighted by atomic mass is 10.1. The van der Waals surface area contributed by atoms with E-state index in [-0.39, 0.29) is 0 Å². The fourth-order valence-electron chi connectivity index (χ4n) is 2.86. The molecule has 140 valence electrons. The van der Waals surface area contributed by atoms with Crippen LogP contribution in [0.4, 0.5) is 0 Å². The van der Waals surface area contributed by atoms with Crippen LogP contribution in [0.25, 0.3) is 0 Å². The van der Waals surface area contributed by atoms with E-state index in [4.69, 9.17) is 4.74 Å². The predicted octanol–water partition coefficient (Wildman–Crippen LogP) is 5.37. The van der Waals surface area contributed by atoms with Crippen molar-refractivity contribution in [3.63, 3.8) is 0 Å². The van der Waals surface area contributed by atoms with Crippen molar-refractivity contribution in [1.29, 1.82) is 0 Å². The first-order valence-corrected chi connectivity index (χ1v) is 9.67. The summed E-state index contributed by atoms with van der Waals surface area (Å²) in [7, 11) is 2.13. The second-order valence-corrected chi connectivity index (χ2v) is 7.79. The Kier molecular flexibility index (Phi) is 6.37. The van der Waals surface area contributed by atoms with Crippen LogP contribution in [0.2, 0.25) is 0 Å². The standard InChI is InChI=1S/C25H29NO/c1-21-10-5-6-12-23(21)20-27-24-13-9-11-22(18-24)19-26(3)17-8-4-7-14-25(2)15-16-25/h4-6,8-13,18H,15-17,19-20H2,1-3H3/b8-4+. The topological polar surface area (TPSA) is 12.5 Å². The molecule has 2 aromatic carbocycles. The Morgan fingerprint density at radius 1 is 1.15 bits per heavy atom. The maximum atomic E-state index is 6.00. The molecule has 2 aromatic rings. The molecule has 0 aromatic heterocycles. The SMILES string of the molecule is Cc1ccccc1COc1cccc(CN(C)C/C=C/C#CC2(C)CC2)c1. The molecule has 0 atom stereocenters. The summed E-state index contributed by atoms with van der Waals surface area (Å²) in [5, 5.41) is 0. The number of rotatable bonds is 7. The number of nitrogens with zero attached hydrogens (tertiary/aromatic N) is 1. The number of allylic oxidation sites excluding steroid dienone is 1. The maximum absolute atomic E-state index is 6.00. The first kappa shape index (κ1) is 19.3. The molecule has 0 amide bonds. The number of aryl methyl sites for hydroxylation is 1. The quantitative estimate of drug-likeness (QED) is 0.617. The van der Waals surface area contributed by atoms with Crippen molar-refractivity contribution in [2.45, 2.75) is 39.8 Å². The van der Waals surface area contributed by atoms with Crippen molar-refractivity contribution in [1.82, 2.24) is 4.90 Å². The van der Waals surface area contributed by atoms with E-state index in [2.05, 4.69) is 86.2 Å². The second kappa shape index (κ2) is 8.93. The summed E-state index contributed by atoms with van der Waals surface area (Å²) < 4.78 is 6.00. The van der Waals surface area contributed by atoms with Gasteiger partial charge in [0, 0.05) is 18.5 Å². The first-order chi connectivity index (χ1) is 13.0. The summed E-state index contributed by atoms with van der Waals surface area (Å²) in [6.07, 6.45) is 6.62. The van der Waals surface area contributed by atoms with Gasteiger partial charge in [-0.3, -0.25) is 4.90 Å². The Hall–Kier alpha value is -2.50. The highest BCUT2D eigenvalue weighted by molar-refractivity contribution is 5.30. The van der Waals surface area contributed by atoms with Gasteiger partial charge in [-0.05, 0) is 68.6 Å². The van der Waals surface area contributed by atoms with Gasteiger partial charge in [0.25, 0.3) is 0 Å². The minimum absolute atomic E-state index is 0.301. The third kappa shape index (κ3) is 6.31. The summed E-state index contributed by atoms with van der Waals surface area (Å²) in [6, 6.07) is 16.7. The largest absolute Gasteiger partial charge is 0.489 e. The van der Waals surface area contributed by atoms with Crippen molar-refractivity contribution in [3.05, 3.63) is 77.4 Å². The van der Waals surface area contributed by atoms with Crippen LogP contribution in [0.15, 0.2) is 60.7 Å². The van der Waals surface area contributed by atoms with Gasteiger partial charge in [-0.1, -0.05) is 54.3 Å². The molecule has 0 N–H and O–H groups in total. The van der Waals surface area contributed by atoms with Gasteiger partial charge in [-0.25, -0.2) is 0 Å². The normalized spacial score (nSPS) is 14.8. The Morgan fingerprint density at radius 3 is 2.74 bits per heavy atom. The molecular weight excluding hydrogens is 330 g/mol. The molecule has 0 aliphatic heterocycles. The van der Waals surface area contributed by atoms with E-state index >= 15 is 0 Å². The number of hydrogen-bond acceptors (Lipinski definition) is 2. The molecule has 2 nitrogen and oxygen atoms in total. The van der Waals surface area contributed by atoms with Gasteiger partial charge in [0.1, 0.15) is 12.4 Å². The zero-order valence-electron chi connectivity index (χ0n) is 16.7. The highest BCUT2D eigenvalue weighted by Gasteiger charge is 2.34. The van der Waals surface area contributed by atoms with Gasteiger partial charge in [0.15, 0.2) is 0 Å². The van der Waals surface area contributed by atoms with Gasteiger partial charge in [0.05, 0.1) is 0 Å². The lowest BCUT2D eigenvalue weighted by molar-refractivity contribution is 0.304. The van der Waals surface area contributed by atoms with E-state index in [0.29, 0.717) is 12.0 Å². The van der Waals surface area contributed by atoms with Crippen LogP contribution in [-0.4, -0.2) is 18.5 Å². The van der Waals surface area contributed by atoms with Crippen LogP contribution in [0.1, 0.15) is 36.5 Å². The molecule has 0 bridgehead atoms. The monoisotopic (exact) mass is 359 g/mol. The van der Waals surface area contributed by atoms with Gasteiger partial charge >= 0.3 is 0 Å². The molecule has 1 saturated carbocycles. The Labute approximate surface area is 163 Å². The number of benzene rings is 2. The fourth-order valence-corrected chi connectivity index (χ4v) is 2.86. The Balaban J connectivity index is 1.48. The average Bonchev–Trinajstić information content (AvgIpc) is 3.38. The van der Waals surface area contributed by atoms with Crippen molar-refractivity contribution in [2.24, 2.45) is 5.41 Å². The molecule has 27 heavy (non-hydrogen) atoms. The molecule has 0 saturated heterocycles. The Bertz CT molecular complexity index is 852. The zero-order valence-corrected chi connectivity index (χ0v) is 16.7. The third-order valence-electron chi connectivity index (χ3n) is 5.00. The van der Waals surface area contributed by atoms with Crippen molar-refractivity contribution < 1.29 is 4.74 Å². The van der Waals surface area contributed by atoms with Gasteiger partial charge in [0.2, 0.25) is 0 Å². The Morgan fingerprint density at radius 2 is 1.96 bits per heavy atom. The van der Waals surface area contributed by atoms with Crippen LogP contribution >= 0.6 is 0 Å². The molecule has 0 radical (unpaired) electrons. The van der Waals surface area contributed by atoms with Crippen LogP contribution in [-0.2, 0) is 13.2 Å². The van der Waals surface area contributed by atoms with E-state index in [1.54, 1.807) is 0 Å². The van der Waals surface area contributed by atoms with Crippen LogP contribution in [0.3, 0.4) is 0 Å². The van der Waals surface area contributed by atoms with Crippen molar-refractivity contribution in [3.8, 4) is 17.6 Å². The van der Waals surface area contributed by atoms with Gasteiger partial charge < -0.3 is 4.74 Å². The maximum Gasteiger partial charge on any atom is 0.120 e. The summed E-state index contributed by atoms with van der Waals surface area (Å²) in [5.41, 5.74) is 4.05. The predicted molar refractivity (Wildman–Crippen MR) is 113 cm³/mol. The van der Waals surface area contributed by atoms with Crippen LogP contribution < -0.4 is 4.74 Å². The minimum atomic E-state index is 0.301. The second-order valence-electron chi connectivity index (χ2n) is 7.79. The zero-order chi connectivity index (χ0) is 19.1. The van der Waals surface area contributed by atoms with E-state index in [9.17, 15) is 0 Å². The van der Waals surface area contributed by atoms with E-state index in [1.165, 1.54) is 29.5 Å². The molecule has 0 unspecified atom stereocenters. The molecule has 1 fully saturated rings. The van der Waals surface area contributed by atoms with Crippen LogP contribution in [0.5, 0.6) is 5.75 Å². The summed E-state index contributed by atoms with van der Waals surface area (Å²) >= 11 is 0. The van der Waals surface area contributed by atoms with Crippen molar-refractivity contribution in [2.75, 3.05) is 13.6 Å². The smallest absolute Gasteiger partial charge is 0.120 e. The summed E-state index contributed by atoms with van der Waals surface area (Å²) in [4.78, 5) is 2.28. The highest BCUT2D eigenvalue weighted by Crippen LogP contribution is 2.43. The molecule has 1 aliphatic carbocycles. The van der Waals surface area contributed by atoms with E-state index < -0.39 is 0 Å². The van der Waals surface area contributed by atoms with Crippen LogP contribution in [0, 0.1) is 24.2 Å². The van der Waals surface area contributed by atoms with E-state index in [0.717, 1.165) is 18.8 Å². The minimum Gasteiger partial charge on any atom is -0.489 e. The van der Waals surface area contributed by atoms with E-state index in [1.807, 2.05) is 12.1 Å². The highest BCUT2D eigenvalue weighted by atomic mass is 16.5. The average molecular weight is 360 g/mol. The number of ether oxygens (including phenoxy) is 1. The molecule has 0 heterocycles. The first-order valence-electron chi connectivity index (χ1n) is 9.67. The molecular formula is C25H29NO. The lowest BCUT2D eigenvalue weighted by Gasteiger charge is -2.15. The fraction of sp³-hybridized carbons (Fsp3) is 0.360. The molecule has 0 spiro atoms. The van der Waals surface area contributed by atoms with Gasteiger partial charge in [-0.2, -0.15) is 0 Å². The lowest BCUT2D eigenvalue weighted by Crippen LogP contribution is -2.17. The van der Waals surface area contributed by atoms with Gasteiger partial charge in [-0.15, -0.1) is 0 Å². The number of hydrogen-bond donors (Lipinski definition) is 0. The molecule has 1 aliphatic rings. The number of likely N-dealkylation sites (N-methyl/N-ethyl adjacent to an activating group) is 1.